The molecule has 5 N–H and O–H groups in total. The number of benzene rings is 1. The van der Waals surface area contributed by atoms with Gasteiger partial charge in [-0.2, -0.15) is 4.98 Å². The van der Waals surface area contributed by atoms with Crippen LogP contribution in [-0.2, 0) is 28.9 Å². The van der Waals surface area contributed by atoms with E-state index >= 15 is 0 Å². The number of aliphatic hydroxyl groups is 1. The Bertz CT molecular complexity index is 858. The van der Waals surface area contributed by atoms with Gasteiger partial charge in [-0.15, -0.1) is 0 Å². The number of aromatic nitrogens is 2. The minimum absolute atomic E-state index is 0.143. The van der Waals surface area contributed by atoms with Crippen LogP contribution < -0.4 is 16.4 Å². The van der Waals surface area contributed by atoms with Crippen LogP contribution >= 0.6 is 0 Å². The molecule has 2 aromatic rings. The number of aryl methyl sites for hydroxylation is 1. The summed E-state index contributed by atoms with van der Waals surface area (Å²) >= 11 is 0. The molecule has 0 aliphatic rings. The van der Waals surface area contributed by atoms with Gasteiger partial charge in [0.1, 0.15) is 5.82 Å². The molecule has 8 nitrogen and oxygen atoms in total. The molecule has 1 unspecified atom stereocenters. The summed E-state index contributed by atoms with van der Waals surface area (Å²) in [5, 5.41) is 16.4. The molecule has 0 fully saturated rings. The lowest BCUT2D eigenvalue weighted by molar-refractivity contribution is -0.139. The van der Waals surface area contributed by atoms with E-state index in [1.807, 2.05) is 31.2 Å². The van der Waals surface area contributed by atoms with Crippen molar-refractivity contribution in [2.45, 2.75) is 71.4 Å². The van der Waals surface area contributed by atoms with Crippen molar-refractivity contribution >= 4 is 17.7 Å². The van der Waals surface area contributed by atoms with Crippen molar-refractivity contribution in [3.05, 3.63) is 46.6 Å². The molecular formula is C25H39N5O3. The van der Waals surface area contributed by atoms with Gasteiger partial charge in [0, 0.05) is 30.5 Å². The number of ether oxygens (including phenoxy) is 1. The number of unbranched alkanes of at least 4 members (excludes halogenated alkanes) is 1. The summed E-state index contributed by atoms with van der Waals surface area (Å²) in [4.78, 5) is 20.2. The van der Waals surface area contributed by atoms with E-state index in [0.29, 0.717) is 12.8 Å². The molecule has 0 aliphatic carbocycles. The van der Waals surface area contributed by atoms with Gasteiger partial charge in [-0.05, 0) is 50.3 Å². The Kier molecular flexibility index (Phi) is 11.6. The Morgan fingerprint density at radius 1 is 1.15 bits per heavy atom. The van der Waals surface area contributed by atoms with Crippen LogP contribution in [0.3, 0.4) is 0 Å². The quantitative estimate of drug-likeness (QED) is 0.238. The first-order valence-corrected chi connectivity index (χ1v) is 11.8. The number of hydrogen-bond acceptors (Lipinski definition) is 8. The number of nitrogens with one attached hydrogen (secondary N) is 2. The van der Waals surface area contributed by atoms with Crippen molar-refractivity contribution in [2.24, 2.45) is 0 Å². The molecule has 0 aliphatic heterocycles. The highest BCUT2D eigenvalue weighted by Crippen LogP contribution is 2.22. The molecule has 1 aromatic heterocycles. The van der Waals surface area contributed by atoms with E-state index in [-0.39, 0.29) is 24.6 Å². The summed E-state index contributed by atoms with van der Waals surface area (Å²) in [5.74, 6) is 0.825. The maximum Gasteiger partial charge on any atom is 0.309 e. The molecule has 1 aromatic carbocycles. The van der Waals surface area contributed by atoms with E-state index in [1.165, 1.54) is 12.7 Å². The lowest BCUT2D eigenvalue weighted by Gasteiger charge is -2.21. The molecule has 2 rings (SSSR count). The van der Waals surface area contributed by atoms with Crippen molar-refractivity contribution < 1.29 is 14.6 Å². The van der Waals surface area contributed by atoms with Crippen LogP contribution in [0.4, 0.5) is 11.8 Å². The monoisotopic (exact) mass is 457 g/mol. The number of nitrogens with two attached hydrogens (primary N) is 1. The van der Waals surface area contributed by atoms with Crippen molar-refractivity contribution in [2.75, 3.05) is 31.3 Å². The van der Waals surface area contributed by atoms with Crippen molar-refractivity contribution in [1.82, 2.24) is 15.3 Å². The Balaban J connectivity index is 1.88. The van der Waals surface area contributed by atoms with Crippen LogP contribution in [0, 0.1) is 6.92 Å². The number of carbonyl (C=O) groups is 1. The standard InChI is InChI=1S/C25H39N5O3/c1-4-5-7-21(13-15-31)29-24-22(18(2)28-25(26)30-24)8-6-14-27-17-20-11-9-19(10-12-20)16-23(32)33-3/h9-12,21,27,31H,4-8,13-17H2,1-3H3,(H3,26,28,29,30). The van der Waals surface area contributed by atoms with E-state index in [4.69, 9.17) is 10.5 Å². The van der Waals surface area contributed by atoms with Gasteiger partial charge in [0.2, 0.25) is 5.95 Å². The van der Waals surface area contributed by atoms with Gasteiger partial charge in [-0.1, -0.05) is 44.0 Å². The molecule has 0 radical (unpaired) electrons. The zero-order chi connectivity index (χ0) is 24.1. The smallest absolute Gasteiger partial charge is 0.309 e. The molecule has 182 valence electrons. The van der Waals surface area contributed by atoms with Gasteiger partial charge < -0.3 is 26.2 Å². The third-order valence-electron chi connectivity index (χ3n) is 5.66. The molecular weight excluding hydrogens is 418 g/mol. The number of esters is 1. The fraction of sp³-hybridized carbons (Fsp3) is 0.560. The van der Waals surface area contributed by atoms with Crippen LogP contribution in [0.15, 0.2) is 24.3 Å². The summed E-state index contributed by atoms with van der Waals surface area (Å²) in [6.07, 6.45) is 5.94. The number of nitrogens with zero attached hydrogens (tertiary/aromatic N) is 2. The third-order valence-corrected chi connectivity index (χ3v) is 5.66. The van der Waals surface area contributed by atoms with Gasteiger partial charge in [0.15, 0.2) is 0 Å². The van der Waals surface area contributed by atoms with E-state index in [9.17, 15) is 9.90 Å². The summed E-state index contributed by atoms with van der Waals surface area (Å²) < 4.78 is 4.70. The zero-order valence-corrected chi connectivity index (χ0v) is 20.2. The normalized spacial score (nSPS) is 11.9. The summed E-state index contributed by atoms with van der Waals surface area (Å²) in [5.41, 5.74) is 10.0. The Morgan fingerprint density at radius 3 is 2.55 bits per heavy atom. The highest BCUT2D eigenvalue weighted by Gasteiger charge is 2.15. The molecule has 0 bridgehead atoms. The Labute approximate surface area is 197 Å². The van der Waals surface area contributed by atoms with E-state index in [2.05, 4.69) is 27.5 Å². The predicted molar refractivity (Wildman–Crippen MR) is 132 cm³/mol. The number of rotatable bonds is 15. The first-order valence-electron chi connectivity index (χ1n) is 11.8. The van der Waals surface area contributed by atoms with Crippen LogP contribution in [0.1, 0.15) is 61.4 Å². The lowest BCUT2D eigenvalue weighted by Crippen LogP contribution is -2.24. The van der Waals surface area contributed by atoms with Gasteiger partial charge in [0.25, 0.3) is 0 Å². The van der Waals surface area contributed by atoms with Crippen molar-refractivity contribution in [1.29, 1.82) is 0 Å². The average Bonchev–Trinajstić information content (AvgIpc) is 2.79. The maximum absolute atomic E-state index is 11.4. The van der Waals surface area contributed by atoms with Crippen LogP contribution in [0.25, 0.3) is 0 Å². The SMILES string of the molecule is CCCCC(CCO)Nc1nc(N)nc(C)c1CCCNCc1ccc(CC(=O)OC)cc1. The molecule has 33 heavy (non-hydrogen) atoms. The predicted octanol–water partition coefficient (Wildman–Crippen LogP) is 3.16. The first kappa shape index (κ1) is 26.5. The zero-order valence-electron chi connectivity index (χ0n) is 20.2. The van der Waals surface area contributed by atoms with Gasteiger partial charge >= 0.3 is 5.97 Å². The second kappa shape index (κ2) is 14.4. The van der Waals surface area contributed by atoms with Gasteiger partial charge in [-0.25, -0.2) is 4.98 Å². The highest BCUT2D eigenvalue weighted by molar-refractivity contribution is 5.72. The van der Waals surface area contributed by atoms with Gasteiger partial charge in [-0.3, -0.25) is 4.79 Å². The summed E-state index contributed by atoms with van der Waals surface area (Å²) in [6.45, 7) is 5.89. The van der Waals surface area contributed by atoms with Crippen LogP contribution in [0.2, 0.25) is 0 Å². The Morgan fingerprint density at radius 2 is 1.88 bits per heavy atom. The van der Waals surface area contributed by atoms with Crippen LogP contribution in [0.5, 0.6) is 0 Å². The fourth-order valence-electron chi connectivity index (χ4n) is 3.76. The van der Waals surface area contributed by atoms with Crippen LogP contribution in [-0.4, -0.2) is 47.3 Å². The number of methoxy groups -OCH3 is 1. The van der Waals surface area contributed by atoms with E-state index in [0.717, 1.165) is 67.8 Å². The summed E-state index contributed by atoms with van der Waals surface area (Å²) in [7, 11) is 1.40. The number of aliphatic hydroxyl groups excluding tert-OH is 1. The highest BCUT2D eigenvalue weighted by atomic mass is 16.5. The molecule has 0 amide bonds. The maximum atomic E-state index is 11.4. The molecule has 0 saturated heterocycles. The minimum Gasteiger partial charge on any atom is -0.469 e. The second-order valence-corrected chi connectivity index (χ2v) is 8.34. The van der Waals surface area contributed by atoms with E-state index < -0.39 is 0 Å². The largest absolute Gasteiger partial charge is 0.469 e. The van der Waals surface area contributed by atoms with Crippen molar-refractivity contribution in [3.8, 4) is 0 Å². The Hall–Kier alpha value is -2.71. The number of hydrogen-bond donors (Lipinski definition) is 4. The molecule has 0 saturated carbocycles. The summed E-state index contributed by atoms with van der Waals surface area (Å²) in [6, 6.07) is 8.15. The topological polar surface area (TPSA) is 122 Å². The average molecular weight is 458 g/mol. The number of anilines is 2. The molecule has 0 spiro atoms. The van der Waals surface area contributed by atoms with Crippen molar-refractivity contribution in [3.63, 3.8) is 0 Å². The van der Waals surface area contributed by atoms with E-state index in [1.54, 1.807) is 0 Å². The van der Waals surface area contributed by atoms with Gasteiger partial charge in [0.05, 0.1) is 13.5 Å². The molecule has 1 atom stereocenters. The minimum atomic E-state index is -0.232. The first-order chi connectivity index (χ1) is 16.0. The fourth-order valence-corrected chi connectivity index (χ4v) is 3.76. The molecule has 1 heterocycles. The number of carbonyl (C=O) groups excluding carboxylic acids is 1. The number of nitrogen functional groups attached to an aromatic ring is 1. The second-order valence-electron chi connectivity index (χ2n) is 8.34. The lowest BCUT2D eigenvalue weighted by atomic mass is 10.0. The third kappa shape index (κ3) is 9.35. The molecule has 8 heteroatoms.